The van der Waals surface area contributed by atoms with Gasteiger partial charge in [-0.15, -0.1) is 5.10 Å². The molecule has 1 aromatic heterocycles. The average molecular weight is 326 g/mol. The number of ether oxygens (including phenoxy) is 1. The van der Waals surface area contributed by atoms with Gasteiger partial charge in [0.2, 0.25) is 10.0 Å². The van der Waals surface area contributed by atoms with Crippen LogP contribution >= 0.6 is 0 Å². The lowest BCUT2D eigenvalue weighted by atomic mass is 9.90. The lowest BCUT2D eigenvalue weighted by Gasteiger charge is -2.38. The van der Waals surface area contributed by atoms with Crippen molar-refractivity contribution in [3.8, 4) is 0 Å². The van der Waals surface area contributed by atoms with Crippen molar-refractivity contribution in [3.63, 3.8) is 0 Å². The first kappa shape index (κ1) is 15.6. The summed E-state index contributed by atoms with van der Waals surface area (Å²) in [6.07, 6.45) is 3.79. The van der Waals surface area contributed by atoms with Gasteiger partial charge >= 0.3 is 0 Å². The van der Waals surface area contributed by atoms with E-state index < -0.39 is 10.0 Å². The zero-order chi connectivity index (χ0) is 15.8. The van der Waals surface area contributed by atoms with Crippen LogP contribution in [0.4, 0.5) is 5.82 Å². The monoisotopic (exact) mass is 326 g/mol. The number of hydrogen-bond donors (Lipinski definition) is 1. The molecule has 0 saturated carbocycles. The number of hydrogen-bond acceptors (Lipinski definition) is 6. The third-order valence-electron chi connectivity index (χ3n) is 4.33. The van der Waals surface area contributed by atoms with Gasteiger partial charge in [-0.3, -0.25) is 0 Å². The molecule has 22 heavy (non-hydrogen) atoms. The van der Waals surface area contributed by atoms with Crippen LogP contribution in [-0.4, -0.2) is 60.5 Å². The Morgan fingerprint density at radius 2 is 2.23 bits per heavy atom. The van der Waals surface area contributed by atoms with Gasteiger partial charge in [0.1, 0.15) is 5.82 Å². The molecular weight excluding hydrogens is 304 g/mol. The van der Waals surface area contributed by atoms with Crippen molar-refractivity contribution in [2.24, 2.45) is 0 Å². The fourth-order valence-electron chi connectivity index (χ4n) is 3.25. The normalized spacial score (nSPS) is 29.8. The van der Waals surface area contributed by atoms with Crippen molar-refractivity contribution in [1.82, 2.24) is 14.5 Å². The van der Waals surface area contributed by atoms with Gasteiger partial charge in [0.05, 0.1) is 30.2 Å². The van der Waals surface area contributed by atoms with E-state index in [9.17, 15) is 8.42 Å². The summed E-state index contributed by atoms with van der Waals surface area (Å²) in [5.74, 6) is 0.729. The van der Waals surface area contributed by atoms with Crippen LogP contribution in [0.15, 0.2) is 12.1 Å². The molecule has 2 saturated heterocycles. The summed E-state index contributed by atoms with van der Waals surface area (Å²) in [5, 5.41) is 11.5. The molecule has 1 spiro atoms. The van der Waals surface area contributed by atoms with Gasteiger partial charge in [-0.05, 0) is 31.9 Å². The second kappa shape index (κ2) is 5.75. The lowest BCUT2D eigenvalue weighted by molar-refractivity contribution is -0.0328. The maximum absolute atomic E-state index is 11.8. The molecule has 0 aromatic carbocycles. The van der Waals surface area contributed by atoms with Gasteiger partial charge in [0, 0.05) is 19.5 Å². The Bertz CT molecular complexity index is 634. The molecule has 2 fully saturated rings. The largest absolute Gasteiger partial charge is 0.371 e. The zero-order valence-electron chi connectivity index (χ0n) is 12.9. The van der Waals surface area contributed by atoms with Gasteiger partial charge < -0.3 is 10.1 Å². The fraction of sp³-hybridized carbons (Fsp3) is 0.714. The number of aromatic nitrogens is 2. The van der Waals surface area contributed by atoms with E-state index in [1.165, 1.54) is 10.6 Å². The third-order valence-corrected chi connectivity index (χ3v) is 5.58. The smallest absolute Gasteiger partial charge is 0.211 e. The maximum Gasteiger partial charge on any atom is 0.211 e. The Kier molecular flexibility index (Phi) is 4.09. The highest BCUT2D eigenvalue weighted by molar-refractivity contribution is 7.88. The highest BCUT2D eigenvalue weighted by Crippen LogP contribution is 2.36. The van der Waals surface area contributed by atoms with Crippen LogP contribution in [0.5, 0.6) is 0 Å². The number of sulfonamides is 1. The predicted molar refractivity (Wildman–Crippen MR) is 83.1 cm³/mol. The number of aryl methyl sites for hydroxylation is 1. The van der Waals surface area contributed by atoms with E-state index in [1.54, 1.807) is 0 Å². The first-order valence-corrected chi connectivity index (χ1v) is 9.37. The van der Waals surface area contributed by atoms with E-state index in [-0.39, 0.29) is 11.6 Å². The molecule has 2 aliphatic heterocycles. The summed E-state index contributed by atoms with van der Waals surface area (Å²) >= 11 is 0. The fourth-order valence-corrected chi connectivity index (χ4v) is 4.18. The molecule has 0 aliphatic carbocycles. The Hall–Kier alpha value is -1.25. The van der Waals surface area contributed by atoms with E-state index in [2.05, 4.69) is 15.5 Å². The second-order valence-electron chi connectivity index (χ2n) is 6.30. The van der Waals surface area contributed by atoms with Crippen LogP contribution in [0.3, 0.4) is 0 Å². The van der Waals surface area contributed by atoms with E-state index in [4.69, 9.17) is 4.74 Å². The first-order chi connectivity index (χ1) is 10.4. The van der Waals surface area contributed by atoms with Crippen LogP contribution < -0.4 is 5.32 Å². The Balaban J connectivity index is 1.65. The number of nitrogens with one attached hydrogen (secondary N) is 1. The highest BCUT2D eigenvalue weighted by atomic mass is 32.2. The second-order valence-corrected chi connectivity index (χ2v) is 8.28. The summed E-state index contributed by atoms with van der Waals surface area (Å²) in [4.78, 5) is 0. The van der Waals surface area contributed by atoms with Crippen molar-refractivity contribution in [3.05, 3.63) is 17.8 Å². The molecule has 3 heterocycles. The van der Waals surface area contributed by atoms with Crippen LogP contribution in [0.1, 0.15) is 25.0 Å². The molecular formula is C14H22N4O3S. The van der Waals surface area contributed by atoms with Gasteiger partial charge in [-0.2, -0.15) is 9.40 Å². The molecule has 2 aliphatic rings. The molecule has 0 bridgehead atoms. The van der Waals surface area contributed by atoms with Gasteiger partial charge in [0.15, 0.2) is 0 Å². The SMILES string of the molecule is Cc1ccc(N[C@H]2CO[C@]3(CCCN(S(C)(=O)=O)C3)C2)nn1. The van der Waals surface area contributed by atoms with Crippen LogP contribution in [-0.2, 0) is 14.8 Å². The molecule has 1 N–H and O–H groups in total. The van der Waals surface area contributed by atoms with E-state index in [1.807, 2.05) is 19.1 Å². The quantitative estimate of drug-likeness (QED) is 0.883. The standard InChI is InChI=1S/C14H22N4O3S/c1-11-4-5-13(17-16-11)15-12-8-14(21-9-12)6-3-7-18(10-14)22(2,19)20/h4-5,12H,3,6-10H2,1-2H3,(H,15,17)/t12-,14-/m1/s1. The highest BCUT2D eigenvalue weighted by Gasteiger charge is 2.45. The van der Waals surface area contributed by atoms with Crippen LogP contribution in [0.25, 0.3) is 0 Å². The first-order valence-electron chi connectivity index (χ1n) is 7.52. The number of anilines is 1. The average Bonchev–Trinajstić information content (AvgIpc) is 2.83. The van der Waals surface area contributed by atoms with Gasteiger partial charge in [-0.1, -0.05) is 0 Å². The molecule has 0 amide bonds. The summed E-state index contributed by atoms with van der Waals surface area (Å²) in [6, 6.07) is 3.95. The van der Waals surface area contributed by atoms with Crippen molar-refractivity contribution < 1.29 is 13.2 Å². The molecule has 122 valence electrons. The van der Waals surface area contributed by atoms with Crippen molar-refractivity contribution in [2.75, 3.05) is 31.3 Å². The Labute approximate surface area is 131 Å². The maximum atomic E-state index is 11.8. The number of nitrogens with zero attached hydrogens (tertiary/aromatic N) is 3. The van der Waals surface area contributed by atoms with Gasteiger partial charge in [-0.25, -0.2) is 8.42 Å². The summed E-state index contributed by atoms with van der Waals surface area (Å²) in [6.45, 7) is 3.49. The summed E-state index contributed by atoms with van der Waals surface area (Å²) in [5.41, 5.74) is 0.512. The lowest BCUT2D eigenvalue weighted by Crippen LogP contribution is -2.50. The van der Waals surface area contributed by atoms with Crippen LogP contribution in [0, 0.1) is 6.92 Å². The van der Waals surface area contributed by atoms with Gasteiger partial charge in [0.25, 0.3) is 0 Å². The minimum absolute atomic E-state index is 0.136. The molecule has 3 rings (SSSR count). The molecule has 0 unspecified atom stereocenters. The number of piperidine rings is 1. The Morgan fingerprint density at radius 1 is 1.41 bits per heavy atom. The van der Waals surface area contributed by atoms with Crippen molar-refractivity contribution in [2.45, 2.75) is 37.8 Å². The minimum atomic E-state index is -3.16. The number of rotatable bonds is 3. The van der Waals surface area contributed by atoms with E-state index >= 15 is 0 Å². The van der Waals surface area contributed by atoms with E-state index in [0.29, 0.717) is 19.7 Å². The molecule has 7 nitrogen and oxygen atoms in total. The predicted octanol–water partition coefficient (Wildman–Crippen LogP) is 0.780. The van der Waals surface area contributed by atoms with Crippen LogP contribution in [0.2, 0.25) is 0 Å². The van der Waals surface area contributed by atoms with E-state index in [0.717, 1.165) is 30.8 Å². The molecule has 8 heteroatoms. The van der Waals surface area contributed by atoms with Crippen molar-refractivity contribution >= 4 is 15.8 Å². The van der Waals surface area contributed by atoms with Crippen molar-refractivity contribution in [1.29, 1.82) is 0 Å². The molecule has 0 radical (unpaired) electrons. The molecule has 1 aromatic rings. The zero-order valence-corrected chi connectivity index (χ0v) is 13.8. The topological polar surface area (TPSA) is 84.4 Å². The molecule has 2 atom stereocenters. The Morgan fingerprint density at radius 3 is 2.91 bits per heavy atom. The minimum Gasteiger partial charge on any atom is -0.371 e. The summed E-state index contributed by atoms with van der Waals surface area (Å²) < 4.78 is 31.1. The summed E-state index contributed by atoms with van der Waals surface area (Å²) in [7, 11) is -3.16. The third kappa shape index (κ3) is 3.39.